The van der Waals surface area contributed by atoms with Crippen LogP contribution in [0.25, 0.3) is 0 Å². The third-order valence-electron chi connectivity index (χ3n) is 4.39. The lowest BCUT2D eigenvalue weighted by atomic mass is 9.99. The van der Waals surface area contributed by atoms with E-state index in [2.05, 4.69) is 53.6 Å². The fourth-order valence-electron chi connectivity index (χ4n) is 2.64. The Hall–Kier alpha value is -1.17. The third kappa shape index (κ3) is 6.45. The van der Waals surface area contributed by atoms with Gasteiger partial charge in [-0.1, -0.05) is 26.0 Å². The van der Waals surface area contributed by atoms with Gasteiger partial charge in [0.05, 0.1) is 13.2 Å². The summed E-state index contributed by atoms with van der Waals surface area (Å²) >= 11 is 5.36. The molecule has 0 bridgehead atoms. The molecule has 1 fully saturated rings. The molecule has 5 heteroatoms. The number of nitrogens with one attached hydrogen (secondary N) is 2. The number of hydrogen-bond donors (Lipinski definition) is 2. The summed E-state index contributed by atoms with van der Waals surface area (Å²) in [5, 5.41) is 7.23. The molecule has 0 aromatic heterocycles. The molecule has 1 aromatic rings. The molecule has 0 unspecified atom stereocenters. The normalized spacial score (nSPS) is 16.8. The molecule has 0 aliphatic carbocycles. The minimum Gasteiger partial charge on any atom is -0.379 e. The van der Waals surface area contributed by atoms with Crippen molar-refractivity contribution in [2.45, 2.75) is 32.6 Å². The van der Waals surface area contributed by atoms with E-state index in [1.54, 1.807) is 0 Å². The fourth-order valence-corrected chi connectivity index (χ4v) is 2.86. The standard InChI is InChI=1S/C18H29N3OS/c1-3-15(2)16-5-7-17(8-6-16)20-18(23)19-9-4-10-21-11-13-22-14-12-21/h5-8,15H,3-4,9-14H2,1-2H3,(H2,19,20,23)/t15-/m0/s1. The second kappa shape index (κ2) is 9.85. The largest absolute Gasteiger partial charge is 0.379 e. The summed E-state index contributed by atoms with van der Waals surface area (Å²) in [5.74, 6) is 0.606. The van der Waals surface area contributed by atoms with Crippen molar-refractivity contribution in [3.63, 3.8) is 0 Å². The van der Waals surface area contributed by atoms with Crippen molar-refractivity contribution < 1.29 is 4.74 Å². The average molecular weight is 336 g/mol. The second-order valence-corrected chi connectivity index (χ2v) is 6.53. The summed E-state index contributed by atoms with van der Waals surface area (Å²) in [6, 6.07) is 8.56. The molecule has 0 spiro atoms. The molecule has 2 rings (SSSR count). The average Bonchev–Trinajstić information content (AvgIpc) is 2.59. The molecular weight excluding hydrogens is 306 g/mol. The van der Waals surface area contributed by atoms with Gasteiger partial charge in [0.2, 0.25) is 0 Å². The molecule has 1 aromatic carbocycles. The summed E-state index contributed by atoms with van der Waals surface area (Å²) < 4.78 is 5.35. The zero-order valence-corrected chi connectivity index (χ0v) is 15.1. The Morgan fingerprint density at radius 2 is 1.96 bits per heavy atom. The number of benzene rings is 1. The second-order valence-electron chi connectivity index (χ2n) is 6.12. The summed E-state index contributed by atoms with van der Waals surface area (Å²) in [4.78, 5) is 2.44. The van der Waals surface area contributed by atoms with Gasteiger partial charge in [0, 0.05) is 25.3 Å². The van der Waals surface area contributed by atoms with Gasteiger partial charge in [0.1, 0.15) is 0 Å². The van der Waals surface area contributed by atoms with Crippen LogP contribution in [0.1, 0.15) is 38.2 Å². The predicted molar refractivity (Wildman–Crippen MR) is 101 cm³/mol. The van der Waals surface area contributed by atoms with Crippen LogP contribution >= 0.6 is 12.2 Å². The van der Waals surface area contributed by atoms with E-state index in [0.717, 1.165) is 57.9 Å². The first kappa shape index (κ1) is 18.2. The molecule has 1 saturated heterocycles. The Balaban J connectivity index is 1.64. The van der Waals surface area contributed by atoms with E-state index in [1.165, 1.54) is 5.56 Å². The van der Waals surface area contributed by atoms with Crippen LogP contribution in [0.3, 0.4) is 0 Å². The maximum Gasteiger partial charge on any atom is 0.170 e. The molecule has 0 amide bonds. The van der Waals surface area contributed by atoms with Gasteiger partial charge in [-0.3, -0.25) is 4.90 Å². The highest BCUT2D eigenvalue weighted by Crippen LogP contribution is 2.20. The Kier molecular flexibility index (Phi) is 7.79. The Labute approximate surface area is 145 Å². The number of anilines is 1. The predicted octanol–water partition coefficient (Wildman–Crippen LogP) is 3.21. The first-order valence-electron chi connectivity index (χ1n) is 8.64. The van der Waals surface area contributed by atoms with Gasteiger partial charge in [0.15, 0.2) is 5.11 Å². The van der Waals surface area contributed by atoms with Gasteiger partial charge in [0.25, 0.3) is 0 Å². The zero-order valence-electron chi connectivity index (χ0n) is 14.3. The Morgan fingerprint density at radius 3 is 2.61 bits per heavy atom. The zero-order chi connectivity index (χ0) is 16.5. The van der Waals surface area contributed by atoms with Gasteiger partial charge in [-0.25, -0.2) is 0 Å². The number of thiocarbonyl (C=S) groups is 1. The number of nitrogens with zero attached hydrogens (tertiary/aromatic N) is 1. The molecule has 2 N–H and O–H groups in total. The van der Waals surface area contributed by atoms with E-state index in [0.29, 0.717) is 11.0 Å². The molecule has 23 heavy (non-hydrogen) atoms. The minimum atomic E-state index is 0.606. The lowest BCUT2D eigenvalue weighted by molar-refractivity contribution is 0.0376. The van der Waals surface area contributed by atoms with Crippen molar-refractivity contribution in [3.8, 4) is 0 Å². The van der Waals surface area contributed by atoms with Crippen molar-refractivity contribution in [1.82, 2.24) is 10.2 Å². The number of morpholine rings is 1. The fraction of sp³-hybridized carbons (Fsp3) is 0.611. The van der Waals surface area contributed by atoms with E-state index in [9.17, 15) is 0 Å². The van der Waals surface area contributed by atoms with Gasteiger partial charge < -0.3 is 15.4 Å². The van der Waals surface area contributed by atoms with Crippen molar-refractivity contribution in [3.05, 3.63) is 29.8 Å². The highest BCUT2D eigenvalue weighted by Gasteiger charge is 2.09. The maximum atomic E-state index is 5.36. The van der Waals surface area contributed by atoms with Crippen LogP contribution in [0.4, 0.5) is 5.69 Å². The molecule has 1 aliphatic heterocycles. The SMILES string of the molecule is CC[C@H](C)c1ccc(NC(=S)NCCCN2CCOCC2)cc1. The smallest absolute Gasteiger partial charge is 0.170 e. The van der Waals surface area contributed by atoms with E-state index in [-0.39, 0.29) is 0 Å². The molecule has 0 radical (unpaired) electrons. The van der Waals surface area contributed by atoms with E-state index < -0.39 is 0 Å². The van der Waals surface area contributed by atoms with Crippen molar-refractivity contribution >= 4 is 23.0 Å². The minimum absolute atomic E-state index is 0.606. The molecule has 1 heterocycles. The molecular formula is C18H29N3OS. The number of ether oxygens (including phenoxy) is 1. The molecule has 128 valence electrons. The monoisotopic (exact) mass is 335 g/mol. The molecule has 4 nitrogen and oxygen atoms in total. The highest BCUT2D eigenvalue weighted by molar-refractivity contribution is 7.80. The Morgan fingerprint density at radius 1 is 1.26 bits per heavy atom. The van der Waals surface area contributed by atoms with E-state index in [1.807, 2.05) is 0 Å². The summed E-state index contributed by atoms with van der Waals surface area (Å²) in [6.07, 6.45) is 2.25. The highest BCUT2D eigenvalue weighted by atomic mass is 32.1. The summed E-state index contributed by atoms with van der Waals surface area (Å²) in [6.45, 7) is 10.3. The van der Waals surface area contributed by atoms with Crippen molar-refractivity contribution in [1.29, 1.82) is 0 Å². The van der Waals surface area contributed by atoms with E-state index >= 15 is 0 Å². The van der Waals surface area contributed by atoms with E-state index in [4.69, 9.17) is 17.0 Å². The molecule has 1 atom stereocenters. The lowest BCUT2D eigenvalue weighted by Gasteiger charge is -2.26. The first-order valence-corrected chi connectivity index (χ1v) is 9.04. The van der Waals surface area contributed by atoms with Crippen LogP contribution in [0, 0.1) is 0 Å². The first-order chi connectivity index (χ1) is 11.2. The van der Waals surface area contributed by atoms with Crippen LogP contribution < -0.4 is 10.6 Å². The Bertz CT molecular complexity index is 472. The van der Waals surface area contributed by atoms with Crippen LogP contribution in [-0.2, 0) is 4.74 Å². The quantitative estimate of drug-likeness (QED) is 0.591. The van der Waals surface area contributed by atoms with Gasteiger partial charge in [-0.2, -0.15) is 0 Å². The van der Waals surface area contributed by atoms with Gasteiger partial charge >= 0.3 is 0 Å². The van der Waals surface area contributed by atoms with Gasteiger partial charge in [-0.05, 0) is 55.2 Å². The number of hydrogen-bond acceptors (Lipinski definition) is 3. The lowest BCUT2D eigenvalue weighted by Crippen LogP contribution is -2.38. The topological polar surface area (TPSA) is 36.5 Å². The van der Waals surface area contributed by atoms with Crippen molar-refractivity contribution in [2.24, 2.45) is 0 Å². The molecule has 0 saturated carbocycles. The van der Waals surface area contributed by atoms with Crippen LogP contribution in [-0.4, -0.2) is 49.4 Å². The molecule has 1 aliphatic rings. The third-order valence-corrected chi connectivity index (χ3v) is 4.64. The summed E-state index contributed by atoms with van der Waals surface area (Å²) in [7, 11) is 0. The van der Waals surface area contributed by atoms with Crippen LogP contribution in [0.5, 0.6) is 0 Å². The maximum absolute atomic E-state index is 5.36. The summed E-state index contributed by atoms with van der Waals surface area (Å²) in [5.41, 5.74) is 2.42. The van der Waals surface area contributed by atoms with Gasteiger partial charge in [-0.15, -0.1) is 0 Å². The number of rotatable bonds is 7. The van der Waals surface area contributed by atoms with Crippen molar-refractivity contribution in [2.75, 3.05) is 44.7 Å². The van der Waals surface area contributed by atoms with Crippen LogP contribution in [0.15, 0.2) is 24.3 Å². The van der Waals surface area contributed by atoms with Crippen LogP contribution in [0.2, 0.25) is 0 Å².